The highest BCUT2D eigenvalue weighted by molar-refractivity contribution is 7.85. The van der Waals surface area contributed by atoms with Crippen molar-refractivity contribution in [3.8, 4) is 11.3 Å². The Morgan fingerprint density at radius 3 is 2.40 bits per heavy atom. The van der Waals surface area contributed by atoms with E-state index in [1.165, 1.54) is 18.2 Å². The van der Waals surface area contributed by atoms with Gasteiger partial charge < -0.3 is 24.8 Å². The lowest BCUT2D eigenvalue weighted by Crippen LogP contribution is -2.50. The molecule has 2 aromatic carbocycles. The summed E-state index contributed by atoms with van der Waals surface area (Å²) in [5, 5.41) is 14.1. The van der Waals surface area contributed by atoms with Gasteiger partial charge in [-0.1, -0.05) is 30.3 Å². The molecule has 258 valence electrons. The molecule has 3 aromatic rings. The molecule has 3 N–H and O–H groups in total. The first-order valence-electron chi connectivity index (χ1n) is 15.9. The summed E-state index contributed by atoms with van der Waals surface area (Å²) < 4.78 is 50.7. The molecule has 1 aliphatic carbocycles. The number of urea groups is 1. The molecule has 2 fully saturated rings. The van der Waals surface area contributed by atoms with Crippen LogP contribution in [0, 0.1) is 5.92 Å². The van der Waals surface area contributed by atoms with Crippen molar-refractivity contribution in [2.45, 2.75) is 56.0 Å². The largest absolute Gasteiger partial charge is 0.379 e. The van der Waals surface area contributed by atoms with E-state index in [4.69, 9.17) is 14.2 Å². The number of benzene rings is 2. The highest BCUT2D eigenvalue weighted by atomic mass is 32.2. The van der Waals surface area contributed by atoms with Crippen molar-refractivity contribution in [2.24, 2.45) is 5.92 Å². The molecular weight excluding hydrogens is 644 g/mol. The van der Waals surface area contributed by atoms with Crippen LogP contribution in [-0.4, -0.2) is 91.0 Å². The van der Waals surface area contributed by atoms with Crippen molar-refractivity contribution in [1.29, 1.82) is 0 Å². The highest BCUT2D eigenvalue weighted by Gasteiger charge is 2.53. The van der Waals surface area contributed by atoms with Gasteiger partial charge in [0, 0.05) is 23.8 Å². The average molecular weight is 685 g/mol. The summed E-state index contributed by atoms with van der Waals surface area (Å²) in [5.74, 6) is -1.11. The molecule has 1 saturated heterocycles. The maximum absolute atomic E-state index is 13.4. The Hall–Kier alpha value is -4.22. The van der Waals surface area contributed by atoms with Gasteiger partial charge in [-0.3, -0.25) is 14.1 Å². The third-order valence-corrected chi connectivity index (χ3v) is 9.12. The van der Waals surface area contributed by atoms with Crippen LogP contribution in [0.5, 0.6) is 0 Å². The van der Waals surface area contributed by atoms with Gasteiger partial charge in [-0.2, -0.15) is 8.42 Å². The third-order valence-electron chi connectivity index (χ3n) is 8.27. The number of nitrogens with one attached hydrogen (secondary N) is 2. The van der Waals surface area contributed by atoms with E-state index in [0.29, 0.717) is 63.8 Å². The minimum atomic E-state index is -4.53. The third kappa shape index (κ3) is 8.62. The Bertz CT molecular complexity index is 1700. The first-order chi connectivity index (χ1) is 23.1. The Kier molecular flexibility index (Phi) is 11.5. The Labute approximate surface area is 278 Å². The number of carbonyl (C=O) groups is 3. The van der Waals surface area contributed by atoms with Gasteiger partial charge >= 0.3 is 6.03 Å². The van der Waals surface area contributed by atoms with Crippen LogP contribution in [0.25, 0.3) is 11.3 Å². The van der Waals surface area contributed by atoms with E-state index in [1.54, 1.807) is 10.7 Å². The van der Waals surface area contributed by atoms with Crippen LogP contribution in [0.15, 0.2) is 59.6 Å². The molecule has 1 aromatic heterocycles. The van der Waals surface area contributed by atoms with Gasteiger partial charge in [0.05, 0.1) is 56.4 Å². The molecular formula is C32H40N6O9S. The second-order valence-electron chi connectivity index (χ2n) is 11.7. The molecule has 0 radical (unpaired) electrons. The number of amides is 4. The molecule has 0 unspecified atom stereocenters. The zero-order chi connectivity index (χ0) is 34.1. The minimum absolute atomic E-state index is 0.0303. The number of hydrogen-bond donors (Lipinski definition) is 3. The maximum Gasteiger partial charge on any atom is 0.329 e. The number of aromatic nitrogens is 3. The maximum atomic E-state index is 13.4. The monoisotopic (exact) mass is 684 g/mol. The van der Waals surface area contributed by atoms with Gasteiger partial charge in [-0.15, -0.1) is 5.10 Å². The average Bonchev–Trinajstić information content (AvgIpc) is 3.63. The molecule has 48 heavy (non-hydrogen) atoms. The summed E-state index contributed by atoms with van der Waals surface area (Å²) >= 11 is 0. The number of anilines is 2. The Balaban J connectivity index is 1.09. The highest BCUT2D eigenvalue weighted by Crippen LogP contribution is 2.39. The normalized spacial score (nSPS) is 19.5. The standard InChI is InChI=1S/C32H40N6O9S/c1-2-14-45-16-18-47-19-17-46-15-13-37-22-28(35-36-37)24-5-3-6-25(20-24)33-29(39)23-9-11-32(12-10-23)30(40)38(31(41)34-32)26-7-4-8-27(21-26)48(42,43)44/h3-8,20-23H,2,9-19H2,1H3,(H,33,39)(H,34,41)(H,42,43,44). The summed E-state index contributed by atoms with van der Waals surface area (Å²) in [6.07, 6.45) is 3.97. The molecule has 1 aliphatic heterocycles. The summed E-state index contributed by atoms with van der Waals surface area (Å²) in [6.45, 7) is 5.84. The zero-order valence-electron chi connectivity index (χ0n) is 26.7. The van der Waals surface area contributed by atoms with Gasteiger partial charge in [0.2, 0.25) is 5.91 Å². The topological polar surface area (TPSA) is 191 Å². The fourth-order valence-electron chi connectivity index (χ4n) is 5.73. The second-order valence-corrected chi connectivity index (χ2v) is 13.1. The van der Waals surface area contributed by atoms with Gasteiger partial charge in [-0.05, 0) is 62.4 Å². The summed E-state index contributed by atoms with van der Waals surface area (Å²) in [4.78, 5) is 40.0. The smallest absolute Gasteiger partial charge is 0.329 e. The number of imide groups is 1. The molecule has 0 bridgehead atoms. The van der Waals surface area contributed by atoms with Crippen LogP contribution in [0.2, 0.25) is 0 Å². The van der Waals surface area contributed by atoms with E-state index < -0.39 is 32.5 Å². The molecule has 4 amide bonds. The summed E-state index contributed by atoms with van der Waals surface area (Å²) in [7, 11) is -4.53. The minimum Gasteiger partial charge on any atom is -0.379 e. The lowest BCUT2D eigenvalue weighted by molar-refractivity contribution is -0.126. The second kappa shape index (κ2) is 15.8. The zero-order valence-corrected chi connectivity index (χ0v) is 27.5. The van der Waals surface area contributed by atoms with Crippen LogP contribution < -0.4 is 15.5 Å². The first-order valence-corrected chi connectivity index (χ1v) is 17.3. The predicted molar refractivity (Wildman–Crippen MR) is 174 cm³/mol. The van der Waals surface area contributed by atoms with Crippen molar-refractivity contribution in [3.05, 3.63) is 54.7 Å². The molecule has 1 spiro atoms. The molecule has 5 rings (SSSR count). The number of rotatable bonds is 16. The predicted octanol–water partition coefficient (Wildman–Crippen LogP) is 3.28. The molecule has 0 atom stereocenters. The van der Waals surface area contributed by atoms with E-state index in [-0.39, 0.29) is 30.4 Å². The number of hydrogen-bond acceptors (Lipinski definition) is 10. The van der Waals surface area contributed by atoms with Crippen LogP contribution in [-0.2, 0) is 40.5 Å². The van der Waals surface area contributed by atoms with E-state index >= 15 is 0 Å². The SMILES string of the molecule is CCCOCCOCCOCCn1cc(-c2cccc(NC(=O)C3CCC4(CC3)NC(=O)N(c3cccc(S(=O)(=O)O)c3)C4=O)c2)nn1. The first kappa shape index (κ1) is 35.1. The molecule has 2 aliphatic rings. The lowest BCUT2D eigenvalue weighted by atomic mass is 9.76. The van der Waals surface area contributed by atoms with Gasteiger partial charge in [0.15, 0.2) is 0 Å². The number of carbonyl (C=O) groups excluding carboxylic acids is 3. The Morgan fingerprint density at radius 1 is 1.00 bits per heavy atom. The molecule has 16 heteroatoms. The molecule has 2 heterocycles. The quantitative estimate of drug-likeness (QED) is 0.114. The van der Waals surface area contributed by atoms with E-state index in [0.717, 1.165) is 29.6 Å². The summed E-state index contributed by atoms with van der Waals surface area (Å²) in [5.41, 5.74) is 0.839. The lowest BCUT2D eigenvalue weighted by Gasteiger charge is -2.34. The van der Waals surface area contributed by atoms with Gasteiger partial charge in [0.25, 0.3) is 16.0 Å². The van der Waals surface area contributed by atoms with Gasteiger partial charge in [-0.25, -0.2) is 14.4 Å². The van der Waals surface area contributed by atoms with Crippen LogP contribution >= 0.6 is 0 Å². The number of nitrogens with zero attached hydrogens (tertiary/aromatic N) is 4. The van der Waals surface area contributed by atoms with E-state index in [9.17, 15) is 27.4 Å². The number of ether oxygens (including phenoxy) is 3. The molecule has 1 saturated carbocycles. The van der Waals surface area contributed by atoms with E-state index in [2.05, 4.69) is 27.9 Å². The van der Waals surface area contributed by atoms with Crippen molar-refractivity contribution < 1.29 is 41.6 Å². The van der Waals surface area contributed by atoms with Crippen LogP contribution in [0.1, 0.15) is 39.0 Å². The fourth-order valence-corrected chi connectivity index (χ4v) is 6.25. The van der Waals surface area contributed by atoms with Crippen LogP contribution in [0.3, 0.4) is 0 Å². The fraction of sp³-hybridized carbons (Fsp3) is 0.469. The van der Waals surface area contributed by atoms with Crippen molar-refractivity contribution >= 4 is 39.3 Å². The molecule has 15 nitrogen and oxygen atoms in total. The van der Waals surface area contributed by atoms with Gasteiger partial charge in [0.1, 0.15) is 11.2 Å². The van der Waals surface area contributed by atoms with E-state index in [1.807, 2.05) is 24.4 Å². The van der Waals surface area contributed by atoms with Crippen molar-refractivity contribution in [3.63, 3.8) is 0 Å². The van der Waals surface area contributed by atoms with Crippen LogP contribution in [0.4, 0.5) is 16.2 Å². The Morgan fingerprint density at radius 2 is 1.69 bits per heavy atom. The van der Waals surface area contributed by atoms with Crippen molar-refractivity contribution in [2.75, 3.05) is 49.9 Å². The summed E-state index contributed by atoms with van der Waals surface area (Å²) in [6, 6.07) is 11.6. The van der Waals surface area contributed by atoms with Crippen molar-refractivity contribution in [1.82, 2.24) is 20.3 Å².